The van der Waals surface area contributed by atoms with Gasteiger partial charge in [0.2, 0.25) is 5.89 Å². The van der Waals surface area contributed by atoms with Crippen molar-refractivity contribution in [1.29, 1.82) is 0 Å². The van der Waals surface area contributed by atoms with Crippen molar-refractivity contribution in [2.24, 2.45) is 10.9 Å². The lowest BCUT2D eigenvalue weighted by Crippen LogP contribution is -2.42. The standard InChI is InChI=1S/C18H33N5O3.HI/c1-12(11-23(8)17(24)26-18(4,5)6)9-20-16(19-7)21-10-15-22-13(2)14(3)25-15;/h12H,9-11H2,1-8H3,(H2,19,20,21);1H. The second-order valence-corrected chi connectivity index (χ2v) is 7.52. The first kappa shape index (κ1) is 25.5. The lowest BCUT2D eigenvalue weighted by Gasteiger charge is -2.26. The van der Waals surface area contributed by atoms with Crippen molar-refractivity contribution < 1.29 is 13.9 Å². The summed E-state index contributed by atoms with van der Waals surface area (Å²) in [4.78, 5) is 22.1. The molecule has 1 aromatic heterocycles. The molecule has 0 aliphatic rings. The van der Waals surface area contributed by atoms with Crippen LogP contribution < -0.4 is 10.6 Å². The normalized spacial score (nSPS) is 12.8. The van der Waals surface area contributed by atoms with Gasteiger partial charge in [0, 0.05) is 27.2 Å². The Morgan fingerprint density at radius 3 is 2.44 bits per heavy atom. The summed E-state index contributed by atoms with van der Waals surface area (Å²) in [6, 6.07) is 0. The van der Waals surface area contributed by atoms with Crippen molar-refractivity contribution in [2.75, 3.05) is 27.2 Å². The number of ether oxygens (including phenoxy) is 1. The van der Waals surface area contributed by atoms with E-state index in [1.54, 1.807) is 19.0 Å². The average Bonchev–Trinajstić information content (AvgIpc) is 2.84. The molecule has 0 aliphatic heterocycles. The maximum Gasteiger partial charge on any atom is 0.410 e. The van der Waals surface area contributed by atoms with Crippen LogP contribution in [-0.4, -0.2) is 54.7 Å². The molecule has 8 nitrogen and oxygen atoms in total. The van der Waals surface area contributed by atoms with Crippen LogP contribution in [0.15, 0.2) is 9.41 Å². The molecular weight excluding hydrogens is 461 g/mol. The van der Waals surface area contributed by atoms with E-state index in [-0.39, 0.29) is 36.0 Å². The summed E-state index contributed by atoms with van der Waals surface area (Å²) in [6.45, 7) is 13.1. The van der Waals surface area contributed by atoms with Crippen molar-refractivity contribution in [1.82, 2.24) is 20.5 Å². The van der Waals surface area contributed by atoms with Gasteiger partial charge in [0.25, 0.3) is 0 Å². The number of carbonyl (C=O) groups is 1. The van der Waals surface area contributed by atoms with Gasteiger partial charge in [-0.1, -0.05) is 6.92 Å². The Balaban J connectivity index is 0.00000676. The van der Waals surface area contributed by atoms with Crippen LogP contribution in [0.2, 0.25) is 0 Å². The van der Waals surface area contributed by atoms with Crippen LogP contribution in [0, 0.1) is 19.8 Å². The van der Waals surface area contributed by atoms with E-state index in [9.17, 15) is 4.79 Å². The number of hydrogen-bond acceptors (Lipinski definition) is 5. The number of aromatic nitrogens is 1. The third-order valence-corrected chi connectivity index (χ3v) is 3.61. The highest BCUT2D eigenvalue weighted by molar-refractivity contribution is 14.0. The predicted octanol–water partition coefficient (Wildman–Crippen LogP) is 3.08. The molecule has 1 atom stereocenters. The molecule has 1 rings (SSSR count). The highest BCUT2D eigenvalue weighted by atomic mass is 127. The Kier molecular flexibility index (Phi) is 10.7. The number of carbonyl (C=O) groups excluding carboxylic acids is 1. The molecule has 27 heavy (non-hydrogen) atoms. The molecule has 156 valence electrons. The molecule has 0 saturated carbocycles. The number of halogens is 1. The van der Waals surface area contributed by atoms with Crippen molar-refractivity contribution in [3.8, 4) is 0 Å². The maximum absolute atomic E-state index is 12.0. The van der Waals surface area contributed by atoms with Crippen molar-refractivity contribution in [3.63, 3.8) is 0 Å². The van der Waals surface area contributed by atoms with Gasteiger partial charge >= 0.3 is 6.09 Å². The van der Waals surface area contributed by atoms with E-state index in [0.29, 0.717) is 31.5 Å². The number of guanidine groups is 1. The van der Waals surface area contributed by atoms with E-state index in [1.165, 1.54) is 0 Å². The smallest absolute Gasteiger partial charge is 0.410 e. The fraction of sp³-hybridized carbons (Fsp3) is 0.722. The minimum Gasteiger partial charge on any atom is -0.444 e. The summed E-state index contributed by atoms with van der Waals surface area (Å²) >= 11 is 0. The minimum absolute atomic E-state index is 0. The van der Waals surface area contributed by atoms with Gasteiger partial charge in [-0.05, 0) is 40.5 Å². The van der Waals surface area contributed by atoms with Crippen LogP contribution in [0.25, 0.3) is 0 Å². The molecule has 0 aromatic carbocycles. The molecule has 1 unspecified atom stereocenters. The highest BCUT2D eigenvalue weighted by Crippen LogP contribution is 2.10. The van der Waals surface area contributed by atoms with Crippen molar-refractivity contribution >= 4 is 36.0 Å². The van der Waals surface area contributed by atoms with Gasteiger partial charge in [-0.25, -0.2) is 9.78 Å². The molecule has 0 fully saturated rings. The lowest BCUT2D eigenvalue weighted by molar-refractivity contribution is 0.0278. The van der Waals surface area contributed by atoms with E-state index >= 15 is 0 Å². The Bertz CT molecular complexity index is 606. The molecular formula is C18H34IN5O3. The van der Waals surface area contributed by atoms with Gasteiger partial charge in [-0.3, -0.25) is 4.99 Å². The largest absolute Gasteiger partial charge is 0.444 e. The molecule has 2 N–H and O–H groups in total. The van der Waals surface area contributed by atoms with Crippen LogP contribution in [-0.2, 0) is 11.3 Å². The van der Waals surface area contributed by atoms with E-state index < -0.39 is 5.60 Å². The number of nitrogens with one attached hydrogen (secondary N) is 2. The summed E-state index contributed by atoms with van der Waals surface area (Å²) < 4.78 is 10.9. The number of hydrogen-bond donors (Lipinski definition) is 2. The van der Waals surface area contributed by atoms with E-state index in [0.717, 1.165) is 11.5 Å². The summed E-state index contributed by atoms with van der Waals surface area (Å²) in [5.74, 6) is 2.33. The van der Waals surface area contributed by atoms with Gasteiger partial charge < -0.3 is 24.7 Å². The first-order valence-corrected chi connectivity index (χ1v) is 8.83. The zero-order valence-corrected chi connectivity index (χ0v) is 20.0. The second kappa shape index (κ2) is 11.4. The summed E-state index contributed by atoms with van der Waals surface area (Å²) in [5.41, 5.74) is 0.401. The predicted molar refractivity (Wildman–Crippen MR) is 118 cm³/mol. The van der Waals surface area contributed by atoms with Gasteiger partial charge in [-0.15, -0.1) is 24.0 Å². The molecule has 0 aliphatic carbocycles. The SMILES string of the molecule is CN=C(NCc1nc(C)c(C)o1)NCC(C)CN(C)C(=O)OC(C)(C)C.I. The Hall–Kier alpha value is -1.52. The zero-order valence-electron chi connectivity index (χ0n) is 17.7. The third kappa shape index (κ3) is 9.83. The fourth-order valence-corrected chi connectivity index (χ4v) is 2.21. The molecule has 0 radical (unpaired) electrons. The summed E-state index contributed by atoms with van der Waals surface area (Å²) in [5, 5.41) is 6.41. The van der Waals surface area contributed by atoms with Crippen LogP contribution in [0.4, 0.5) is 4.79 Å². The molecule has 1 heterocycles. The van der Waals surface area contributed by atoms with Gasteiger partial charge in [0.1, 0.15) is 11.4 Å². The Morgan fingerprint density at radius 1 is 1.33 bits per heavy atom. The van der Waals surface area contributed by atoms with Crippen LogP contribution in [0.1, 0.15) is 45.0 Å². The average molecular weight is 495 g/mol. The zero-order chi connectivity index (χ0) is 19.9. The molecule has 0 bridgehead atoms. The monoisotopic (exact) mass is 495 g/mol. The Labute approximate surface area is 179 Å². The summed E-state index contributed by atoms with van der Waals surface area (Å²) in [7, 11) is 3.45. The van der Waals surface area contributed by atoms with Crippen LogP contribution in [0.3, 0.4) is 0 Å². The molecule has 1 amide bonds. The number of oxazole rings is 1. The highest BCUT2D eigenvalue weighted by Gasteiger charge is 2.20. The van der Waals surface area contributed by atoms with Crippen molar-refractivity contribution in [3.05, 3.63) is 17.3 Å². The lowest BCUT2D eigenvalue weighted by atomic mass is 10.1. The maximum atomic E-state index is 12.0. The summed E-state index contributed by atoms with van der Waals surface area (Å²) in [6.07, 6.45) is -0.318. The first-order chi connectivity index (χ1) is 12.0. The van der Waals surface area contributed by atoms with E-state index in [1.807, 2.05) is 34.6 Å². The molecule has 0 saturated heterocycles. The number of amides is 1. The number of aliphatic imine (C=N–C) groups is 1. The van der Waals surface area contributed by atoms with E-state index in [4.69, 9.17) is 9.15 Å². The first-order valence-electron chi connectivity index (χ1n) is 8.83. The topological polar surface area (TPSA) is 92.0 Å². The number of rotatable bonds is 6. The fourth-order valence-electron chi connectivity index (χ4n) is 2.21. The van der Waals surface area contributed by atoms with Gasteiger partial charge in [0.05, 0.1) is 12.2 Å². The number of nitrogens with zero attached hydrogens (tertiary/aromatic N) is 3. The van der Waals surface area contributed by atoms with E-state index in [2.05, 4.69) is 27.5 Å². The second-order valence-electron chi connectivity index (χ2n) is 7.52. The van der Waals surface area contributed by atoms with Gasteiger partial charge in [0.15, 0.2) is 5.96 Å². The molecule has 9 heteroatoms. The Morgan fingerprint density at radius 2 is 1.96 bits per heavy atom. The minimum atomic E-state index is -0.491. The quantitative estimate of drug-likeness (QED) is 0.358. The van der Waals surface area contributed by atoms with Crippen molar-refractivity contribution in [2.45, 2.75) is 53.7 Å². The number of aryl methyl sites for hydroxylation is 2. The molecule has 0 spiro atoms. The van der Waals surface area contributed by atoms with Crippen LogP contribution in [0.5, 0.6) is 0 Å². The van der Waals surface area contributed by atoms with Gasteiger partial charge in [-0.2, -0.15) is 0 Å². The van der Waals surface area contributed by atoms with Crippen LogP contribution >= 0.6 is 24.0 Å². The molecule has 1 aromatic rings. The third-order valence-electron chi connectivity index (χ3n) is 3.61.